The van der Waals surface area contributed by atoms with Gasteiger partial charge < -0.3 is 4.74 Å². The standard InChI is InChI=1S/C13H17O2/c1-13(2,3)15-12-9-5-4-7-11(12)8-6-10-14/h4-5,7,9H,6,8H2,1-3H3. The van der Waals surface area contributed by atoms with E-state index in [1.165, 1.54) is 0 Å². The van der Waals surface area contributed by atoms with Crippen molar-refractivity contribution in [2.45, 2.75) is 39.2 Å². The summed E-state index contributed by atoms with van der Waals surface area (Å²) in [6.45, 7) is 6.03. The van der Waals surface area contributed by atoms with Gasteiger partial charge >= 0.3 is 0 Å². The predicted octanol–water partition coefficient (Wildman–Crippen LogP) is 2.91. The van der Waals surface area contributed by atoms with Crippen LogP contribution in [0.4, 0.5) is 0 Å². The zero-order valence-corrected chi connectivity index (χ0v) is 9.54. The highest BCUT2D eigenvalue weighted by atomic mass is 16.5. The van der Waals surface area contributed by atoms with Gasteiger partial charge in [-0.2, -0.15) is 0 Å². The molecule has 1 aromatic carbocycles. The van der Waals surface area contributed by atoms with Crippen molar-refractivity contribution in [1.29, 1.82) is 0 Å². The third-order valence-electron chi connectivity index (χ3n) is 1.89. The van der Waals surface area contributed by atoms with E-state index < -0.39 is 0 Å². The van der Waals surface area contributed by atoms with E-state index in [0.717, 1.165) is 11.3 Å². The smallest absolute Gasteiger partial charge is 0.198 e. The maximum atomic E-state index is 10.2. The van der Waals surface area contributed by atoms with Crippen LogP contribution in [0.5, 0.6) is 5.75 Å². The molecule has 0 aliphatic rings. The lowest BCUT2D eigenvalue weighted by Gasteiger charge is -2.23. The molecule has 0 aliphatic heterocycles. The average Bonchev–Trinajstić information content (AvgIpc) is 2.14. The summed E-state index contributed by atoms with van der Waals surface area (Å²) in [6, 6.07) is 7.81. The first-order valence-corrected chi connectivity index (χ1v) is 5.15. The Labute approximate surface area is 91.3 Å². The largest absolute Gasteiger partial charge is 0.488 e. The first-order valence-electron chi connectivity index (χ1n) is 5.15. The van der Waals surface area contributed by atoms with Gasteiger partial charge in [-0.3, -0.25) is 4.79 Å². The molecule has 0 spiro atoms. The van der Waals surface area contributed by atoms with E-state index in [9.17, 15) is 4.79 Å². The van der Waals surface area contributed by atoms with Crippen LogP contribution >= 0.6 is 0 Å². The second-order valence-electron chi connectivity index (χ2n) is 4.47. The van der Waals surface area contributed by atoms with Crippen molar-refractivity contribution in [1.82, 2.24) is 0 Å². The fourth-order valence-corrected chi connectivity index (χ4v) is 1.33. The van der Waals surface area contributed by atoms with Crippen LogP contribution in [-0.2, 0) is 11.2 Å². The summed E-state index contributed by atoms with van der Waals surface area (Å²) in [5.74, 6) is 0.861. The molecule has 0 saturated carbocycles. The molecule has 0 heterocycles. The number of aryl methyl sites for hydroxylation is 1. The zero-order chi connectivity index (χ0) is 11.3. The second kappa shape index (κ2) is 4.96. The molecule has 1 rings (SSSR count). The van der Waals surface area contributed by atoms with Crippen molar-refractivity contribution in [2.75, 3.05) is 0 Å². The molecular formula is C13H17O2. The lowest BCUT2D eigenvalue weighted by molar-refractivity contribution is 0.129. The highest BCUT2D eigenvalue weighted by Crippen LogP contribution is 2.23. The van der Waals surface area contributed by atoms with Gasteiger partial charge in [-0.15, -0.1) is 0 Å². The minimum Gasteiger partial charge on any atom is -0.488 e. The summed E-state index contributed by atoms with van der Waals surface area (Å²) in [6.07, 6.45) is 3.01. The van der Waals surface area contributed by atoms with Crippen LogP contribution in [0.15, 0.2) is 24.3 Å². The fourth-order valence-electron chi connectivity index (χ4n) is 1.33. The molecule has 0 N–H and O–H groups in total. The zero-order valence-electron chi connectivity index (χ0n) is 9.54. The summed E-state index contributed by atoms with van der Waals surface area (Å²) >= 11 is 0. The van der Waals surface area contributed by atoms with E-state index in [1.54, 1.807) is 0 Å². The monoisotopic (exact) mass is 205 g/mol. The first kappa shape index (κ1) is 11.8. The third-order valence-corrected chi connectivity index (χ3v) is 1.89. The Balaban J connectivity index is 2.81. The predicted molar refractivity (Wildman–Crippen MR) is 60.8 cm³/mol. The van der Waals surface area contributed by atoms with Crippen molar-refractivity contribution in [3.05, 3.63) is 29.8 Å². The van der Waals surface area contributed by atoms with Crippen LogP contribution in [0, 0.1) is 0 Å². The first-order chi connectivity index (χ1) is 7.03. The van der Waals surface area contributed by atoms with Gasteiger partial charge in [-0.05, 0) is 38.8 Å². The maximum absolute atomic E-state index is 10.2. The van der Waals surface area contributed by atoms with E-state index in [1.807, 2.05) is 51.3 Å². The number of benzene rings is 1. The summed E-state index contributed by atoms with van der Waals surface area (Å²) in [4.78, 5) is 10.2. The molecule has 0 bridgehead atoms. The van der Waals surface area contributed by atoms with Crippen molar-refractivity contribution < 1.29 is 9.53 Å². The maximum Gasteiger partial charge on any atom is 0.198 e. The Bertz CT molecular complexity index is 324. The molecule has 0 amide bonds. The minimum atomic E-state index is -0.207. The number of carbonyl (C=O) groups excluding carboxylic acids is 1. The Morgan fingerprint density at radius 1 is 1.27 bits per heavy atom. The van der Waals surface area contributed by atoms with Gasteiger partial charge in [0.2, 0.25) is 0 Å². The third kappa shape index (κ3) is 4.15. The van der Waals surface area contributed by atoms with Crippen LogP contribution in [0.25, 0.3) is 0 Å². The van der Waals surface area contributed by atoms with Gasteiger partial charge in [0.15, 0.2) is 6.29 Å². The van der Waals surface area contributed by atoms with E-state index in [-0.39, 0.29) is 5.60 Å². The molecule has 0 aromatic heterocycles. The van der Waals surface area contributed by atoms with E-state index in [4.69, 9.17) is 4.74 Å². The average molecular weight is 205 g/mol. The number of hydrogen-bond acceptors (Lipinski definition) is 2. The molecule has 0 fully saturated rings. The Morgan fingerprint density at radius 2 is 1.93 bits per heavy atom. The van der Waals surface area contributed by atoms with Crippen LogP contribution in [-0.4, -0.2) is 11.9 Å². The topological polar surface area (TPSA) is 26.3 Å². The van der Waals surface area contributed by atoms with Gasteiger partial charge in [-0.25, -0.2) is 0 Å². The molecular weight excluding hydrogens is 188 g/mol. The lowest BCUT2D eigenvalue weighted by atomic mass is 10.1. The number of ether oxygens (including phenoxy) is 1. The van der Waals surface area contributed by atoms with Crippen molar-refractivity contribution in [3.63, 3.8) is 0 Å². The molecule has 0 saturated heterocycles. The highest BCUT2D eigenvalue weighted by Gasteiger charge is 2.13. The number of rotatable bonds is 4. The number of hydrogen-bond donors (Lipinski definition) is 0. The van der Waals surface area contributed by atoms with Gasteiger partial charge in [0.25, 0.3) is 0 Å². The van der Waals surface area contributed by atoms with Crippen LogP contribution in [0.2, 0.25) is 0 Å². The molecule has 15 heavy (non-hydrogen) atoms. The van der Waals surface area contributed by atoms with Crippen LogP contribution in [0.1, 0.15) is 32.8 Å². The summed E-state index contributed by atoms with van der Waals surface area (Å²) in [5, 5.41) is 0. The summed E-state index contributed by atoms with van der Waals surface area (Å²) in [5.41, 5.74) is 0.858. The molecule has 0 atom stereocenters. The van der Waals surface area contributed by atoms with E-state index in [2.05, 4.69) is 0 Å². The Kier molecular flexibility index (Phi) is 3.89. The fraction of sp³-hybridized carbons (Fsp3) is 0.462. The SMILES string of the molecule is CC(C)(C)Oc1ccccc1CC[C]=O. The van der Waals surface area contributed by atoms with E-state index in [0.29, 0.717) is 12.8 Å². The van der Waals surface area contributed by atoms with Crippen molar-refractivity contribution in [3.8, 4) is 5.75 Å². The van der Waals surface area contributed by atoms with Crippen LogP contribution in [0.3, 0.4) is 0 Å². The summed E-state index contributed by atoms with van der Waals surface area (Å²) < 4.78 is 5.80. The second-order valence-corrected chi connectivity index (χ2v) is 4.47. The normalized spacial score (nSPS) is 11.1. The lowest BCUT2D eigenvalue weighted by Crippen LogP contribution is -2.23. The minimum absolute atomic E-state index is 0.207. The molecule has 81 valence electrons. The Hall–Kier alpha value is -1.31. The van der Waals surface area contributed by atoms with Gasteiger partial charge in [0.1, 0.15) is 11.4 Å². The molecule has 1 radical (unpaired) electrons. The van der Waals surface area contributed by atoms with Crippen molar-refractivity contribution >= 4 is 6.29 Å². The molecule has 0 aliphatic carbocycles. The highest BCUT2D eigenvalue weighted by molar-refractivity contribution is 5.51. The van der Waals surface area contributed by atoms with Crippen LogP contribution < -0.4 is 4.74 Å². The molecule has 0 unspecified atom stereocenters. The molecule has 2 nitrogen and oxygen atoms in total. The van der Waals surface area contributed by atoms with Gasteiger partial charge in [0, 0.05) is 6.42 Å². The number of para-hydroxylation sites is 1. The van der Waals surface area contributed by atoms with E-state index >= 15 is 0 Å². The molecule has 1 aromatic rings. The summed E-state index contributed by atoms with van der Waals surface area (Å²) in [7, 11) is 0. The van der Waals surface area contributed by atoms with Crippen molar-refractivity contribution in [2.24, 2.45) is 0 Å². The molecule has 2 heteroatoms. The van der Waals surface area contributed by atoms with Gasteiger partial charge in [0.05, 0.1) is 0 Å². The van der Waals surface area contributed by atoms with Gasteiger partial charge in [-0.1, -0.05) is 18.2 Å². The quantitative estimate of drug-likeness (QED) is 0.755. The Morgan fingerprint density at radius 3 is 2.53 bits per heavy atom.